The number of ether oxygens (including phenoxy) is 1. The van der Waals surface area contributed by atoms with Gasteiger partial charge in [-0.15, -0.1) is 0 Å². The van der Waals surface area contributed by atoms with Crippen molar-refractivity contribution < 1.29 is 14.3 Å². The van der Waals surface area contributed by atoms with Crippen LogP contribution in [0.2, 0.25) is 0 Å². The van der Waals surface area contributed by atoms with Crippen molar-refractivity contribution >= 4 is 23.2 Å². The van der Waals surface area contributed by atoms with Crippen molar-refractivity contribution in [2.45, 2.75) is 25.9 Å². The van der Waals surface area contributed by atoms with Crippen LogP contribution in [0, 0.1) is 0 Å². The number of carbonyl (C=O) groups is 2. The predicted octanol–water partition coefficient (Wildman–Crippen LogP) is 2.84. The summed E-state index contributed by atoms with van der Waals surface area (Å²) in [5.74, 6) is -0.148. The van der Waals surface area contributed by atoms with Crippen LogP contribution in [0.3, 0.4) is 0 Å². The van der Waals surface area contributed by atoms with Crippen LogP contribution in [0.4, 0.5) is 16.2 Å². The third-order valence-corrected chi connectivity index (χ3v) is 7.14. The smallest absolute Gasteiger partial charge is 0.333 e. The largest absolute Gasteiger partial charge is 0.379 e. The number of nitrogens with zero attached hydrogens (tertiary/aromatic N) is 3. The number of anilines is 2. The molecule has 0 unspecified atom stereocenters. The van der Waals surface area contributed by atoms with Crippen LogP contribution in [-0.4, -0.2) is 78.5 Å². The summed E-state index contributed by atoms with van der Waals surface area (Å²) in [5.41, 5.74) is 8.38. The Morgan fingerprint density at radius 3 is 2.49 bits per heavy atom. The fourth-order valence-electron chi connectivity index (χ4n) is 5.54. The Morgan fingerprint density at radius 1 is 1.03 bits per heavy atom. The van der Waals surface area contributed by atoms with Crippen LogP contribution in [0.1, 0.15) is 29.8 Å². The molecule has 6 rings (SSSR count). The van der Waals surface area contributed by atoms with Gasteiger partial charge >= 0.3 is 6.03 Å². The van der Waals surface area contributed by atoms with Crippen molar-refractivity contribution in [3.8, 4) is 22.5 Å². The summed E-state index contributed by atoms with van der Waals surface area (Å²) in [6, 6.07) is 14.2. The number of hydrogen-bond donors (Lipinski definition) is 4. The second-order valence-electron chi connectivity index (χ2n) is 9.97. The van der Waals surface area contributed by atoms with Gasteiger partial charge in [0.1, 0.15) is 5.69 Å². The van der Waals surface area contributed by atoms with Crippen molar-refractivity contribution in [2.75, 3.05) is 49.6 Å². The van der Waals surface area contributed by atoms with Gasteiger partial charge < -0.3 is 20.3 Å². The lowest BCUT2D eigenvalue weighted by molar-refractivity contribution is 0.0207. The molecule has 192 valence electrons. The number of urea groups is 1. The van der Waals surface area contributed by atoms with E-state index in [2.05, 4.69) is 57.1 Å². The summed E-state index contributed by atoms with van der Waals surface area (Å²) in [6.07, 6.45) is 0. The van der Waals surface area contributed by atoms with Crippen molar-refractivity contribution in [3.05, 3.63) is 53.6 Å². The van der Waals surface area contributed by atoms with E-state index in [-0.39, 0.29) is 11.8 Å². The van der Waals surface area contributed by atoms with Gasteiger partial charge in [0.05, 0.1) is 35.7 Å². The summed E-state index contributed by atoms with van der Waals surface area (Å²) in [7, 11) is 0. The van der Waals surface area contributed by atoms with Gasteiger partial charge in [0, 0.05) is 55.1 Å². The highest BCUT2D eigenvalue weighted by Gasteiger charge is 2.35. The number of morpholine rings is 1. The number of aromatic nitrogens is 2. The van der Waals surface area contributed by atoms with Gasteiger partial charge in [0.2, 0.25) is 0 Å². The molecule has 2 fully saturated rings. The van der Waals surface area contributed by atoms with E-state index >= 15 is 0 Å². The van der Waals surface area contributed by atoms with Crippen LogP contribution < -0.4 is 21.0 Å². The molecule has 10 heteroatoms. The number of amides is 2. The number of hydrazine groups is 1. The van der Waals surface area contributed by atoms with Gasteiger partial charge in [-0.2, -0.15) is 5.10 Å². The summed E-state index contributed by atoms with van der Waals surface area (Å²) >= 11 is 0. The Bertz CT molecular complexity index is 1320. The Labute approximate surface area is 215 Å². The van der Waals surface area contributed by atoms with Crippen LogP contribution in [0.5, 0.6) is 0 Å². The zero-order chi connectivity index (χ0) is 25.5. The molecule has 0 bridgehead atoms. The van der Waals surface area contributed by atoms with E-state index in [1.165, 1.54) is 0 Å². The molecular weight excluding hydrogens is 470 g/mol. The molecule has 2 atom stereocenters. The van der Waals surface area contributed by atoms with Crippen LogP contribution >= 0.6 is 0 Å². The number of piperazine rings is 1. The van der Waals surface area contributed by atoms with E-state index < -0.39 is 0 Å². The van der Waals surface area contributed by atoms with Crippen molar-refractivity contribution in [3.63, 3.8) is 0 Å². The van der Waals surface area contributed by atoms with E-state index in [0.29, 0.717) is 66.6 Å². The molecule has 0 spiro atoms. The molecule has 0 saturated carbocycles. The molecule has 1 aliphatic carbocycles. The second-order valence-corrected chi connectivity index (χ2v) is 9.97. The zero-order valence-corrected chi connectivity index (χ0v) is 21.0. The van der Waals surface area contributed by atoms with E-state index in [1.54, 1.807) is 11.1 Å². The molecule has 1 aromatic heterocycles. The lowest BCUT2D eigenvalue weighted by Crippen LogP contribution is -2.54. The standard InChI is InChI=1S/C27H31N7O3/c1-16-14-33(15-17(2)28-16)19-8-6-18(7-9-19)24-23-25(31-30-24)20-4-3-5-21(22(20)26(23)35)29-27(36)32-34-10-12-37-13-11-34/h3-9,16-17,28H,10-15H2,1-2H3,(H,30,31)(H2,29,32,36)/t16-,17+. The second kappa shape index (κ2) is 9.62. The molecule has 37 heavy (non-hydrogen) atoms. The molecule has 3 aliphatic rings. The summed E-state index contributed by atoms with van der Waals surface area (Å²) in [5, 5.41) is 15.8. The number of fused-ring (bicyclic) bond motifs is 3. The van der Waals surface area contributed by atoms with Gasteiger partial charge in [-0.1, -0.05) is 24.3 Å². The topological polar surface area (TPSA) is 115 Å². The quantitative estimate of drug-likeness (QED) is 0.340. The predicted molar refractivity (Wildman–Crippen MR) is 142 cm³/mol. The zero-order valence-electron chi connectivity index (χ0n) is 21.0. The molecule has 3 heterocycles. The molecule has 2 saturated heterocycles. The molecule has 0 radical (unpaired) electrons. The molecule has 3 aromatic rings. The SMILES string of the molecule is C[C@@H]1CN(c2ccc(-c3n[nH]c4c3C(=O)c3c(NC(=O)NN5CCOCC5)cccc3-4)cc2)C[C@H](C)N1. The van der Waals surface area contributed by atoms with E-state index in [1.807, 2.05) is 24.3 Å². The lowest BCUT2D eigenvalue weighted by atomic mass is 10.0. The fourth-order valence-corrected chi connectivity index (χ4v) is 5.54. The number of benzene rings is 2. The van der Waals surface area contributed by atoms with E-state index in [9.17, 15) is 9.59 Å². The number of H-pyrrole nitrogens is 1. The number of ketones is 1. The summed E-state index contributed by atoms with van der Waals surface area (Å²) in [6.45, 7) is 8.66. The minimum absolute atomic E-state index is 0.148. The molecule has 2 aromatic carbocycles. The average Bonchev–Trinajstić information content (AvgIpc) is 3.44. The number of carbonyl (C=O) groups excluding carboxylic acids is 2. The Kier molecular flexibility index (Phi) is 6.15. The maximum absolute atomic E-state index is 13.6. The van der Waals surface area contributed by atoms with Gasteiger partial charge in [0.25, 0.3) is 0 Å². The van der Waals surface area contributed by atoms with Gasteiger partial charge in [-0.3, -0.25) is 15.3 Å². The number of nitrogens with one attached hydrogen (secondary N) is 4. The lowest BCUT2D eigenvalue weighted by Gasteiger charge is -2.37. The first-order valence-electron chi connectivity index (χ1n) is 12.8. The van der Waals surface area contributed by atoms with E-state index in [0.717, 1.165) is 29.9 Å². The molecular formula is C27H31N7O3. The summed E-state index contributed by atoms with van der Waals surface area (Å²) in [4.78, 5) is 28.7. The maximum Gasteiger partial charge on any atom is 0.333 e. The van der Waals surface area contributed by atoms with Gasteiger partial charge in [-0.25, -0.2) is 9.80 Å². The first-order chi connectivity index (χ1) is 18.0. The minimum Gasteiger partial charge on any atom is -0.379 e. The van der Waals surface area contributed by atoms with Gasteiger partial charge in [0.15, 0.2) is 5.78 Å². The third-order valence-electron chi connectivity index (χ3n) is 7.14. The monoisotopic (exact) mass is 501 g/mol. The van der Waals surface area contributed by atoms with Crippen molar-refractivity contribution in [1.29, 1.82) is 0 Å². The van der Waals surface area contributed by atoms with Crippen molar-refractivity contribution in [1.82, 2.24) is 25.9 Å². The highest BCUT2D eigenvalue weighted by Crippen LogP contribution is 2.43. The Morgan fingerprint density at radius 2 is 1.76 bits per heavy atom. The first-order valence-corrected chi connectivity index (χ1v) is 12.8. The molecule has 10 nitrogen and oxygen atoms in total. The van der Waals surface area contributed by atoms with Gasteiger partial charge in [-0.05, 0) is 32.0 Å². The Balaban J connectivity index is 1.23. The molecule has 2 aliphatic heterocycles. The van der Waals surface area contributed by atoms with E-state index in [4.69, 9.17) is 4.74 Å². The molecule has 4 N–H and O–H groups in total. The average molecular weight is 502 g/mol. The van der Waals surface area contributed by atoms with Crippen LogP contribution in [-0.2, 0) is 4.74 Å². The Hall–Kier alpha value is -3.73. The number of rotatable bonds is 4. The van der Waals surface area contributed by atoms with Crippen molar-refractivity contribution in [2.24, 2.45) is 0 Å². The maximum atomic E-state index is 13.6. The highest BCUT2D eigenvalue weighted by atomic mass is 16.5. The number of hydrogen-bond acceptors (Lipinski definition) is 7. The molecule has 2 amide bonds. The third kappa shape index (κ3) is 4.48. The fraction of sp³-hybridized carbons (Fsp3) is 0.370. The minimum atomic E-state index is -0.385. The van der Waals surface area contributed by atoms with Crippen LogP contribution in [0.15, 0.2) is 42.5 Å². The summed E-state index contributed by atoms with van der Waals surface area (Å²) < 4.78 is 5.32. The normalized spacial score (nSPS) is 21.5. The van der Waals surface area contributed by atoms with Crippen LogP contribution in [0.25, 0.3) is 22.5 Å². The highest BCUT2D eigenvalue weighted by molar-refractivity contribution is 6.26. The first kappa shape index (κ1) is 23.7. The number of aromatic amines is 1.